The molecule has 0 spiro atoms. The largest absolute Gasteiger partial charge is 0.394 e. The van der Waals surface area contributed by atoms with Crippen molar-refractivity contribution in [2.24, 2.45) is 0 Å². The van der Waals surface area contributed by atoms with Gasteiger partial charge in [-0.1, -0.05) is 0 Å². The highest BCUT2D eigenvalue weighted by Gasteiger charge is 2.09. The van der Waals surface area contributed by atoms with E-state index in [0.717, 1.165) is 0 Å². The molecule has 8 heteroatoms. The quantitative estimate of drug-likeness (QED) is 0.308. The molecule has 0 fully saturated rings. The maximum absolute atomic E-state index is 10.9. The molecular weight excluding hydrogens is 216 g/mol. The molecule has 1 amide bonds. The predicted octanol–water partition coefficient (Wildman–Crippen LogP) is -1.20. The molecule has 1 aromatic rings. The van der Waals surface area contributed by atoms with E-state index in [1.807, 2.05) is 0 Å². The molecule has 90 valence electrons. The summed E-state index contributed by atoms with van der Waals surface area (Å²) >= 11 is 0. The maximum atomic E-state index is 10.9. The Morgan fingerprint density at radius 3 is 3.06 bits per heavy atom. The Balaban J connectivity index is 2.27. The molecule has 8 nitrogen and oxygen atoms in total. The van der Waals surface area contributed by atoms with E-state index in [-0.39, 0.29) is 12.4 Å². The molecule has 0 saturated heterocycles. The van der Waals surface area contributed by atoms with Gasteiger partial charge >= 0.3 is 5.91 Å². The van der Waals surface area contributed by atoms with E-state index < -0.39 is 5.91 Å². The topological polar surface area (TPSA) is 110 Å². The Hall–Kier alpha value is -1.51. The molecule has 3 N–H and O–H groups in total. The first-order valence-electron chi connectivity index (χ1n) is 4.80. The van der Waals surface area contributed by atoms with E-state index >= 15 is 0 Å². The van der Waals surface area contributed by atoms with E-state index in [1.165, 1.54) is 16.5 Å². The monoisotopic (exact) mass is 230 g/mol. The van der Waals surface area contributed by atoms with Crippen LogP contribution in [0.15, 0.2) is 6.33 Å². The van der Waals surface area contributed by atoms with Gasteiger partial charge in [-0.3, -0.25) is 14.7 Å². The highest BCUT2D eigenvalue weighted by Crippen LogP contribution is 1.93. The van der Waals surface area contributed by atoms with E-state index in [4.69, 9.17) is 15.1 Å². The van der Waals surface area contributed by atoms with Crippen LogP contribution < -0.4 is 5.48 Å². The maximum Gasteiger partial charge on any atom is 0.314 e. The lowest BCUT2D eigenvalue weighted by molar-refractivity contribution is 0.0694. The lowest BCUT2D eigenvalue weighted by Gasteiger charge is -2.01. The van der Waals surface area contributed by atoms with Gasteiger partial charge in [0.2, 0.25) is 5.82 Å². The third kappa shape index (κ3) is 3.93. The number of carbonyl (C=O) groups excluding carboxylic acids is 1. The second kappa shape index (κ2) is 6.88. The van der Waals surface area contributed by atoms with Gasteiger partial charge in [-0.25, -0.2) is 10.5 Å². The average molecular weight is 230 g/mol. The summed E-state index contributed by atoms with van der Waals surface area (Å²) in [6.45, 7) is 1.37. The molecular formula is C8H14N4O4. The second-order valence-corrected chi connectivity index (χ2v) is 2.96. The number of rotatable bonds is 7. The van der Waals surface area contributed by atoms with Gasteiger partial charge in [-0.15, -0.1) is 5.10 Å². The van der Waals surface area contributed by atoms with Crippen molar-refractivity contribution in [3.05, 3.63) is 12.2 Å². The SMILES string of the molecule is O=C(NO)c1ncn(CCCOCCO)n1. The highest BCUT2D eigenvalue weighted by atomic mass is 16.5. The Morgan fingerprint density at radius 2 is 2.38 bits per heavy atom. The van der Waals surface area contributed by atoms with Gasteiger partial charge in [0.25, 0.3) is 0 Å². The van der Waals surface area contributed by atoms with Crippen LogP contribution >= 0.6 is 0 Å². The highest BCUT2D eigenvalue weighted by molar-refractivity contribution is 5.89. The van der Waals surface area contributed by atoms with Crippen molar-refractivity contribution >= 4 is 5.91 Å². The third-order valence-corrected chi connectivity index (χ3v) is 1.75. The number of hydrogen-bond donors (Lipinski definition) is 3. The van der Waals surface area contributed by atoms with E-state index in [0.29, 0.717) is 26.2 Å². The van der Waals surface area contributed by atoms with Gasteiger partial charge < -0.3 is 9.84 Å². The van der Waals surface area contributed by atoms with Crippen LogP contribution in [0.2, 0.25) is 0 Å². The summed E-state index contributed by atoms with van der Waals surface area (Å²) in [5, 5.41) is 20.6. The van der Waals surface area contributed by atoms with Crippen molar-refractivity contribution in [3.8, 4) is 0 Å². The van der Waals surface area contributed by atoms with Crippen LogP contribution in [0.4, 0.5) is 0 Å². The van der Waals surface area contributed by atoms with Gasteiger partial charge in [0.15, 0.2) is 0 Å². The number of aryl methyl sites for hydroxylation is 1. The number of nitrogens with zero attached hydrogens (tertiary/aromatic N) is 3. The number of aromatic nitrogens is 3. The van der Waals surface area contributed by atoms with Crippen LogP contribution in [0.5, 0.6) is 0 Å². The van der Waals surface area contributed by atoms with Gasteiger partial charge in [-0.2, -0.15) is 0 Å². The van der Waals surface area contributed by atoms with Gasteiger partial charge in [-0.05, 0) is 6.42 Å². The van der Waals surface area contributed by atoms with Crippen molar-refractivity contribution in [2.45, 2.75) is 13.0 Å². The zero-order chi connectivity index (χ0) is 11.8. The van der Waals surface area contributed by atoms with Crippen LogP contribution in [-0.4, -0.2) is 50.8 Å². The average Bonchev–Trinajstić information content (AvgIpc) is 2.76. The minimum absolute atomic E-state index is 0.00411. The fourth-order valence-electron chi connectivity index (χ4n) is 1.05. The summed E-state index contributed by atoms with van der Waals surface area (Å²) < 4.78 is 6.53. The third-order valence-electron chi connectivity index (χ3n) is 1.75. The molecule has 1 rings (SSSR count). The molecule has 0 bridgehead atoms. The minimum atomic E-state index is -0.740. The first kappa shape index (κ1) is 12.6. The molecule has 0 aliphatic heterocycles. The summed E-state index contributed by atoms with van der Waals surface area (Å²) in [4.78, 5) is 14.6. The molecule has 0 aromatic carbocycles. The van der Waals surface area contributed by atoms with E-state index in [1.54, 1.807) is 0 Å². The van der Waals surface area contributed by atoms with Crippen molar-refractivity contribution in [1.29, 1.82) is 0 Å². The van der Waals surface area contributed by atoms with Crippen LogP contribution in [-0.2, 0) is 11.3 Å². The van der Waals surface area contributed by atoms with Crippen LogP contribution in [0.25, 0.3) is 0 Å². The van der Waals surface area contributed by atoms with Crippen LogP contribution in [0.1, 0.15) is 17.0 Å². The second-order valence-electron chi connectivity index (χ2n) is 2.96. The molecule has 0 aliphatic carbocycles. The summed E-state index contributed by atoms with van der Waals surface area (Å²) in [6, 6.07) is 0. The normalized spacial score (nSPS) is 10.4. The van der Waals surface area contributed by atoms with Gasteiger partial charge in [0.1, 0.15) is 6.33 Å². The lowest BCUT2D eigenvalue weighted by atomic mass is 10.4. The fourth-order valence-corrected chi connectivity index (χ4v) is 1.05. The Kier molecular flexibility index (Phi) is 5.40. The Morgan fingerprint density at radius 1 is 1.56 bits per heavy atom. The van der Waals surface area contributed by atoms with Crippen molar-refractivity contribution in [3.63, 3.8) is 0 Å². The smallest absolute Gasteiger partial charge is 0.314 e. The molecule has 0 unspecified atom stereocenters. The summed E-state index contributed by atoms with van der Waals surface area (Å²) in [5.41, 5.74) is 1.45. The molecule has 16 heavy (non-hydrogen) atoms. The van der Waals surface area contributed by atoms with Crippen molar-refractivity contribution in [2.75, 3.05) is 19.8 Å². The molecule has 0 radical (unpaired) electrons. The number of hydrogen-bond acceptors (Lipinski definition) is 6. The van der Waals surface area contributed by atoms with Gasteiger partial charge in [0.05, 0.1) is 13.2 Å². The number of amides is 1. The Labute approximate surface area is 91.8 Å². The fraction of sp³-hybridized carbons (Fsp3) is 0.625. The molecule has 0 atom stereocenters. The molecule has 0 aliphatic rings. The summed E-state index contributed by atoms with van der Waals surface area (Å²) in [5.74, 6) is -0.825. The standard InChI is InChI=1S/C8H14N4O4/c13-3-5-16-4-1-2-12-6-9-7(10-12)8(14)11-15/h6,13,15H,1-5H2,(H,11,14). The minimum Gasteiger partial charge on any atom is -0.394 e. The number of aliphatic hydroxyl groups is 1. The molecule has 1 heterocycles. The van der Waals surface area contributed by atoms with E-state index in [9.17, 15) is 4.79 Å². The lowest BCUT2D eigenvalue weighted by Crippen LogP contribution is -2.20. The van der Waals surface area contributed by atoms with Crippen LogP contribution in [0, 0.1) is 0 Å². The number of carbonyl (C=O) groups is 1. The predicted molar refractivity (Wildman–Crippen MR) is 51.8 cm³/mol. The number of nitrogens with one attached hydrogen (secondary N) is 1. The number of hydroxylamine groups is 1. The summed E-state index contributed by atoms with van der Waals surface area (Å²) in [6.07, 6.45) is 2.10. The zero-order valence-corrected chi connectivity index (χ0v) is 8.67. The van der Waals surface area contributed by atoms with E-state index in [2.05, 4.69) is 10.1 Å². The summed E-state index contributed by atoms with van der Waals surface area (Å²) in [7, 11) is 0. The van der Waals surface area contributed by atoms with Gasteiger partial charge in [0, 0.05) is 13.2 Å². The van der Waals surface area contributed by atoms with Crippen molar-refractivity contribution in [1.82, 2.24) is 20.2 Å². The first-order chi connectivity index (χ1) is 7.77. The zero-order valence-electron chi connectivity index (χ0n) is 8.67. The van der Waals surface area contributed by atoms with Crippen LogP contribution in [0.3, 0.4) is 0 Å². The first-order valence-corrected chi connectivity index (χ1v) is 4.80. The number of ether oxygens (including phenoxy) is 1. The molecule has 1 aromatic heterocycles. The Bertz CT molecular complexity index is 328. The van der Waals surface area contributed by atoms with Crippen molar-refractivity contribution < 1.29 is 19.8 Å². The molecule has 0 saturated carbocycles. The number of aliphatic hydroxyl groups excluding tert-OH is 1.